The molecular weight excluding hydrogens is 355 g/mol. The van der Waals surface area contributed by atoms with Gasteiger partial charge in [-0.15, -0.1) is 0 Å². The predicted octanol–water partition coefficient (Wildman–Crippen LogP) is 3.68. The van der Waals surface area contributed by atoms with E-state index in [-0.39, 0.29) is 12.4 Å². The van der Waals surface area contributed by atoms with Gasteiger partial charge < -0.3 is 19.5 Å². The van der Waals surface area contributed by atoms with Crippen molar-refractivity contribution in [2.24, 2.45) is 0 Å². The molecule has 1 aromatic heterocycles. The number of rotatable bonds is 6. The van der Waals surface area contributed by atoms with E-state index in [0.29, 0.717) is 5.52 Å². The molecule has 1 unspecified atom stereocenters. The Morgan fingerprint density at radius 3 is 2.65 bits per heavy atom. The number of aromatic nitrogens is 1. The second-order valence-electron chi connectivity index (χ2n) is 5.46. The molecule has 2 aromatic carbocycles. The normalized spacial score (nSPS) is 13.0. The van der Waals surface area contributed by atoms with Gasteiger partial charge in [0.1, 0.15) is 18.4 Å². The highest BCUT2D eigenvalue weighted by atomic mass is 31.2. The molecule has 0 saturated heterocycles. The smallest absolute Gasteiger partial charge is 0.408 e. The van der Waals surface area contributed by atoms with Crippen molar-refractivity contribution >= 4 is 24.6 Å². The number of hydrogen-bond donors (Lipinski definition) is 2. The Labute approximate surface area is 150 Å². The van der Waals surface area contributed by atoms with Crippen LogP contribution in [0.3, 0.4) is 0 Å². The number of carbonyl (C=O) groups is 1. The summed E-state index contributed by atoms with van der Waals surface area (Å²) in [5.41, 5.74) is 1.28. The van der Waals surface area contributed by atoms with E-state index in [9.17, 15) is 14.3 Å². The van der Waals surface area contributed by atoms with Crippen LogP contribution >= 0.6 is 7.60 Å². The molecule has 0 spiro atoms. The van der Waals surface area contributed by atoms with Crippen molar-refractivity contribution in [3.05, 3.63) is 72.4 Å². The number of nitrogens with one attached hydrogen (secondary N) is 1. The number of fused-ring (bicyclic) bond motifs is 1. The van der Waals surface area contributed by atoms with Crippen LogP contribution in [0.1, 0.15) is 5.56 Å². The molecule has 1 heterocycles. The van der Waals surface area contributed by atoms with Crippen LogP contribution in [0.25, 0.3) is 10.9 Å². The fourth-order valence-corrected chi connectivity index (χ4v) is 3.12. The Morgan fingerprint density at radius 2 is 1.85 bits per heavy atom. The second kappa shape index (κ2) is 7.99. The van der Waals surface area contributed by atoms with Gasteiger partial charge in [0.2, 0.25) is 0 Å². The van der Waals surface area contributed by atoms with E-state index in [4.69, 9.17) is 9.26 Å². The van der Waals surface area contributed by atoms with E-state index in [1.807, 2.05) is 30.3 Å². The Hall–Kier alpha value is -2.89. The number of amides is 1. The van der Waals surface area contributed by atoms with Crippen molar-refractivity contribution < 1.29 is 23.5 Å². The number of para-hydroxylation sites is 1. The third kappa shape index (κ3) is 4.81. The van der Waals surface area contributed by atoms with Crippen LogP contribution in [0.5, 0.6) is 5.75 Å². The third-order valence-corrected chi connectivity index (χ3v) is 4.51. The SMILES string of the molecule is O=C(NCP(=O)(O)Oc1cccc2cccnc12)OCc1ccccc1. The van der Waals surface area contributed by atoms with Crippen molar-refractivity contribution in [2.75, 3.05) is 6.29 Å². The summed E-state index contributed by atoms with van der Waals surface area (Å²) < 4.78 is 22.4. The Balaban J connectivity index is 1.56. The standard InChI is InChI=1S/C18H17N2O5P/c21-18(24-12-14-6-2-1-3-7-14)20-13-26(22,23)25-16-10-4-8-15-9-5-11-19-17(15)16/h1-11H,12-13H2,(H,20,21)(H,22,23). The molecule has 0 aliphatic carbocycles. The molecule has 0 fully saturated rings. The van der Waals surface area contributed by atoms with Gasteiger partial charge in [0.25, 0.3) is 0 Å². The maximum atomic E-state index is 12.2. The molecule has 1 atom stereocenters. The molecule has 8 heteroatoms. The van der Waals surface area contributed by atoms with E-state index < -0.39 is 20.0 Å². The summed E-state index contributed by atoms with van der Waals surface area (Å²) in [5, 5.41) is 3.02. The number of nitrogens with zero attached hydrogens (tertiary/aromatic N) is 1. The molecular formula is C18H17N2O5P. The molecule has 1 amide bonds. The molecule has 3 rings (SSSR count). The number of alkyl carbamates (subject to hydrolysis) is 1. The van der Waals surface area contributed by atoms with Gasteiger partial charge in [-0.3, -0.25) is 4.98 Å². The Kier molecular flexibility index (Phi) is 5.51. The summed E-state index contributed by atoms with van der Waals surface area (Å²) in [5.74, 6) is 0.174. The van der Waals surface area contributed by atoms with Gasteiger partial charge >= 0.3 is 13.7 Å². The van der Waals surface area contributed by atoms with Crippen LogP contribution in [0.2, 0.25) is 0 Å². The quantitative estimate of drug-likeness (QED) is 0.641. The fraction of sp³-hybridized carbons (Fsp3) is 0.111. The molecule has 0 radical (unpaired) electrons. The van der Waals surface area contributed by atoms with Crippen LogP contribution < -0.4 is 9.84 Å². The second-order valence-corrected chi connectivity index (χ2v) is 7.23. The molecule has 0 saturated carbocycles. The third-order valence-electron chi connectivity index (χ3n) is 3.47. The predicted molar refractivity (Wildman–Crippen MR) is 96.8 cm³/mol. The zero-order valence-corrected chi connectivity index (χ0v) is 14.6. The lowest BCUT2D eigenvalue weighted by Gasteiger charge is -2.15. The lowest BCUT2D eigenvalue weighted by atomic mass is 10.2. The van der Waals surface area contributed by atoms with Gasteiger partial charge in [0.05, 0.1) is 0 Å². The largest absolute Gasteiger partial charge is 0.445 e. The van der Waals surface area contributed by atoms with Crippen molar-refractivity contribution in [1.82, 2.24) is 10.3 Å². The van der Waals surface area contributed by atoms with Gasteiger partial charge in [-0.1, -0.05) is 48.5 Å². The topological polar surface area (TPSA) is 97.8 Å². The Bertz CT molecular complexity index is 943. The van der Waals surface area contributed by atoms with Crippen molar-refractivity contribution in [3.8, 4) is 5.75 Å². The van der Waals surface area contributed by atoms with Gasteiger partial charge in [-0.05, 0) is 17.7 Å². The van der Waals surface area contributed by atoms with E-state index in [1.54, 1.807) is 36.5 Å². The van der Waals surface area contributed by atoms with Gasteiger partial charge in [0.15, 0.2) is 5.75 Å². The van der Waals surface area contributed by atoms with Crippen molar-refractivity contribution in [3.63, 3.8) is 0 Å². The van der Waals surface area contributed by atoms with E-state index >= 15 is 0 Å². The molecule has 7 nitrogen and oxygen atoms in total. The molecule has 0 bridgehead atoms. The number of pyridine rings is 1. The highest BCUT2D eigenvalue weighted by Gasteiger charge is 2.23. The minimum Gasteiger partial charge on any atom is -0.445 e. The van der Waals surface area contributed by atoms with Crippen molar-refractivity contribution in [2.45, 2.75) is 6.61 Å². The zero-order chi connectivity index (χ0) is 18.4. The first-order chi connectivity index (χ1) is 12.5. The van der Waals surface area contributed by atoms with Crippen LogP contribution in [-0.2, 0) is 15.9 Å². The fourth-order valence-electron chi connectivity index (χ4n) is 2.27. The molecule has 3 aromatic rings. The van der Waals surface area contributed by atoms with Crippen LogP contribution in [0.15, 0.2) is 66.9 Å². The first kappa shape index (κ1) is 17.9. The van der Waals surface area contributed by atoms with E-state index in [0.717, 1.165) is 10.9 Å². The number of benzene rings is 2. The van der Waals surface area contributed by atoms with Crippen molar-refractivity contribution in [1.29, 1.82) is 0 Å². The summed E-state index contributed by atoms with van der Waals surface area (Å²) >= 11 is 0. The molecule has 134 valence electrons. The first-order valence-electron chi connectivity index (χ1n) is 7.83. The molecule has 2 N–H and O–H groups in total. The highest BCUT2D eigenvalue weighted by molar-refractivity contribution is 7.53. The summed E-state index contributed by atoms with van der Waals surface area (Å²) in [4.78, 5) is 25.8. The minimum absolute atomic E-state index is 0.0660. The van der Waals surface area contributed by atoms with Gasteiger partial charge in [-0.2, -0.15) is 0 Å². The molecule has 0 aliphatic rings. The zero-order valence-electron chi connectivity index (χ0n) is 13.7. The van der Waals surface area contributed by atoms with Crippen LogP contribution in [-0.4, -0.2) is 22.3 Å². The number of carbonyl (C=O) groups excluding carboxylic acids is 1. The van der Waals surface area contributed by atoms with Crippen LogP contribution in [0.4, 0.5) is 4.79 Å². The molecule has 26 heavy (non-hydrogen) atoms. The summed E-state index contributed by atoms with van der Waals surface area (Å²) in [6, 6.07) is 17.7. The maximum Gasteiger partial charge on any atom is 0.408 e. The summed E-state index contributed by atoms with van der Waals surface area (Å²) in [6.45, 7) is 0.0660. The molecule has 0 aliphatic heterocycles. The lowest BCUT2D eigenvalue weighted by molar-refractivity contribution is 0.140. The maximum absolute atomic E-state index is 12.2. The monoisotopic (exact) mass is 372 g/mol. The highest BCUT2D eigenvalue weighted by Crippen LogP contribution is 2.43. The average Bonchev–Trinajstić information content (AvgIpc) is 2.66. The summed E-state index contributed by atoms with van der Waals surface area (Å²) in [6.07, 6.45) is 0.184. The van der Waals surface area contributed by atoms with E-state index in [1.165, 1.54) is 0 Å². The van der Waals surface area contributed by atoms with E-state index in [2.05, 4.69) is 10.3 Å². The first-order valence-corrected chi connectivity index (χ1v) is 9.59. The lowest BCUT2D eigenvalue weighted by Crippen LogP contribution is -2.26. The minimum atomic E-state index is -4.12. The van der Waals surface area contributed by atoms with Crippen LogP contribution in [0, 0.1) is 0 Å². The number of hydrogen-bond acceptors (Lipinski definition) is 5. The van der Waals surface area contributed by atoms with Gasteiger partial charge in [0, 0.05) is 11.6 Å². The Morgan fingerprint density at radius 1 is 1.08 bits per heavy atom. The summed E-state index contributed by atoms with van der Waals surface area (Å²) in [7, 11) is -4.12. The number of ether oxygens (including phenoxy) is 1. The van der Waals surface area contributed by atoms with Gasteiger partial charge in [-0.25, -0.2) is 9.36 Å². The average molecular weight is 372 g/mol.